The Balaban J connectivity index is 2.04. The summed E-state index contributed by atoms with van der Waals surface area (Å²) in [5.74, 6) is -0.723. The highest BCUT2D eigenvalue weighted by Gasteiger charge is 2.43. The van der Waals surface area contributed by atoms with Crippen LogP contribution in [0.25, 0.3) is 10.8 Å². The van der Waals surface area contributed by atoms with Crippen LogP contribution >= 0.6 is 0 Å². The van der Waals surface area contributed by atoms with Crippen molar-refractivity contribution in [1.29, 1.82) is 5.26 Å². The Morgan fingerprint density at radius 1 is 0.964 bits per heavy atom. The van der Waals surface area contributed by atoms with Gasteiger partial charge in [-0.1, -0.05) is 72.8 Å². The average Bonchev–Trinajstić information content (AvgIpc) is 2.75. The van der Waals surface area contributed by atoms with E-state index in [-0.39, 0.29) is 25.2 Å². The van der Waals surface area contributed by atoms with Gasteiger partial charge in [0.1, 0.15) is 0 Å². The molecule has 4 heteroatoms. The summed E-state index contributed by atoms with van der Waals surface area (Å²) in [6.07, 6.45) is 0.129. The zero-order valence-corrected chi connectivity index (χ0v) is 15.7. The number of ether oxygens (including phenoxy) is 1. The van der Waals surface area contributed by atoms with E-state index in [0.29, 0.717) is 11.1 Å². The zero-order chi connectivity index (χ0) is 20.0. The number of Topliss-reactive ketones (excluding diaryl/α,β-unsaturated/α-hetero) is 1. The molecule has 3 aromatic rings. The second-order valence-electron chi connectivity index (χ2n) is 6.55. The van der Waals surface area contributed by atoms with E-state index in [1.165, 1.54) is 0 Å². The van der Waals surface area contributed by atoms with Gasteiger partial charge < -0.3 is 4.74 Å². The number of esters is 1. The van der Waals surface area contributed by atoms with Crippen molar-refractivity contribution >= 4 is 22.5 Å². The van der Waals surface area contributed by atoms with Crippen LogP contribution in [0.5, 0.6) is 0 Å². The molecule has 140 valence electrons. The van der Waals surface area contributed by atoms with E-state index in [1.807, 2.05) is 42.5 Å². The molecule has 0 heterocycles. The summed E-state index contributed by atoms with van der Waals surface area (Å²) in [4.78, 5) is 25.6. The Bertz CT molecular complexity index is 1030. The maximum atomic E-state index is 12.9. The van der Waals surface area contributed by atoms with Crippen molar-refractivity contribution in [2.24, 2.45) is 0 Å². The van der Waals surface area contributed by atoms with E-state index in [2.05, 4.69) is 6.07 Å². The first-order chi connectivity index (χ1) is 13.6. The minimum absolute atomic E-state index is 0.0596. The summed E-state index contributed by atoms with van der Waals surface area (Å²) < 4.78 is 5.27. The molecule has 0 aliphatic heterocycles. The molecule has 0 aromatic heterocycles. The highest BCUT2D eigenvalue weighted by atomic mass is 16.5. The normalized spacial score (nSPS) is 12.7. The Labute approximate surface area is 164 Å². The Hall–Kier alpha value is -3.45. The molecule has 0 bridgehead atoms. The van der Waals surface area contributed by atoms with Crippen molar-refractivity contribution in [3.63, 3.8) is 0 Å². The maximum Gasteiger partial charge on any atom is 0.331 e. The molecule has 0 aliphatic carbocycles. The number of hydrogen-bond donors (Lipinski definition) is 0. The highest BCUT2D eigenvalue weighted by Crippen LogP contribution is 2.36. The minimum Gasteiger partial charge on any atom is -0.465 e. The minimum atomic E-state index is -1.54. The highest BCUT2D eigenvalue weighted by molar-refractivity contribution is 5.99. The molecule has 1 atom stereocenters. The number of hydrogen-bond acceptors (Lipinski definition) is 4. The SMILES string of the molecule is CCOC(=O)[C@@](C#N)(CCC(=O)c1ccccc1)c1cccc2ccccc12. The molecule has 0 spiro atoms. The molecule has 3 rings (SSSR count). The summed E-state index contributed by atoms with van der Waals surface area (Å²) in [5.41, 5.74) is -0.398. The molecule has 0 N–H and O–H groups in total. The zero-order valence-electron chi connectivity index (χ0n) is 15.7. The molecular formula is C24H21NO3. The summed E-state index contributed by atoms with van der Waals surface area (Å²) in [6, 6.07) is 24.2. The molecule has 0 aliphatic rings. The van der Waals surface area contributed by atoms with E-state index in [0.717, 1.165) is 10.8 Å². The van der Waals surface area contributed by atoms with Crippen molar-refractivity contribution in [1.82, 2.24) is 0 Å². The van der Waals surface area contributed by atoms with Crippen molar-refractivity contribution in [3.05, 3.63) is 83.9 Å². The maximum absolute atomic E-state index is 12.9. The monoisotopic (exact) mass is 371 g/mol. The van der Waals surface area contributed by atoms with Crippen LogP contribution in [0.2, 0.25) is 0 Å². The van der Waals surface area contributed by atoms with Gasteiger partial charge in [-0.25, -0.2) is 4.79 Å². The lowest BCUT2D eigenvalue weighted by Gasteiger charge is -2.26. The molecular weight excluding hydrogens is 350 g/mol. The fourth-order valence-corrected chi connectivity index (χ4v) is 3.43. The fraction of sp³-hybridized carbons (Fsp3) is 0.208. The Morgan fingerprint density at radius 2 is 1.64 bits per heavy atom. The summed E-state index contributed by atoms with van der Waals surface area (Å²) in [6.45, 7) is 1.87. The molecule has 28 heavy (non-hydrogen) atoms. The summed E-state index contributed by atoms with van der Waals surface area (Å²) >= 11 is 0. The molecule has 4 nitrogen and oxygen atoms in total. The lowest BCUT2D eigenvalue weighted by Crippen LogP contribution is -2.37. The quantitative estimate of drug-likeness (QED) is 0.441. The molecule has 0 unspecified atom stereocenters. The van der Waals surface area contributed by atoms with Gasteiger partial charge in [0, 0.05) is 12.0 Å². The van der Waals surface area contributed by atoms with Crippen LogP contribution in [-0.2, 0) is 14.9 Å². The van der Waals surface area contributed by atoms with Crippen LogP contribution < -0.4 is 0 Å². The summed E-state index contributed by atoms with van der Waals surface area (Å²) in [5, 5.41) is 11.8. The second kappa shape index (κ2) is 8.49. The van der Waals surface area contributed by atoms with Crippen molar-refractivity contribution < 1.29 is 14.3 Å². The molecule has 3 aromatic carbocycles. The molecule has 0 saturated carbocycles. The third-order valence-electron chi connectivity index (χ3n) is 4.89. The van der Waals surface area contributed by atoms with Gasteiger partial charge in [-0.05, 0) is 29.7 Å². The largest absolute Gasteiger partial charge is 0.465 e. The first-order valence-corrected chi connectivity index (χ1v) is 9.27. The van der Waals surface area contributed by atoms with Gasteiger partial charge in [0.05, 0.1) is 12.7 Å². The number of carbonyl (C=O) groups excluding carboxylic acids is 2. The van der Waals surface area contributed by atoms with E-state index < -0.39 is 11.4 Å². The predicted molar refractivity (Wildman–Crippen MR) is 108 cm³/mol. The van der Waals surface area contributed by atoms with Crippen molar-refractivity contribution in [3.8, 4) is 6.07 Å². The number of ketones is 1. The van der Waals surface area contributed by atoms with E-state index in [1.54, 1.807) is 37.3 Å². The predicted octanol–water partition coefficient (Wildman–Crippen LogP) is 4.83. The van der Waals surface area contributed by atoms with Gasteiger partial charge in [-0.2, -0.15) is 5.26 Å². The standard InChI is InChI=1S/C24H21NO3/c1-2-28-23(27)24(17-25,16-15-22(26)19-10-4-3-5-11-19)21-14-8-12-18-9-6-7-13-20(18)21/h3-14H,2,15-16H2,1H3/t24-/m1/s1. The van der Waals surface area contributed by atoms with E-state index in [9.17, 15) is 14.9 Å². The van der Waals surface area contributed by atoms with Crippen LogP contribution in [0, 0.1) is 11.3 Å². The van der Waals surface area contributed by atoms with Crippen LogP contribution in [0.4, 0.5) is 0 Å². The third-order valence-corrected chi connectivity index (χ3v) is 4.89. The van der Waals surface area contributed by atoms with Gasteiger partial charge >= 0.3 is 5.97 Å². The Kier molecular flexibility index (Phi) is 5.86. The number of rotatable bonds is 7. The molecule has 0 fully saturated rings. The average molecular weight is 371 g/mol. The van der Waals surface area contributed by atoms with Gasteiger partial charge in [-0.3, -0.25) is 4.79 Å². The molecule has 0 saturated heterocycles. The molecule has 0 amide bonds. The van der Waals surface area contributed by atoms with Crippen LogP contribution in [0.15, 0.2) is 72.8 Å². The number of benzene rings is 3. The summed E-state index contributed by atoms with van der Waals surface area (Å²) in [7, 11) is 0. The lowest BCUT2D eigenvalue weighted by molar-refractivity contribution is -0.148. The molecule has 0 radical (unpaired) electrons. The fourth-order valence-electron chi connectivity index (χ4n) is 3.43. The second-order valence-corrected chi connectivity index (χ2v) is 6.55. The van der Waals surface area contributed by atoms with Gasteiger partial charge in [0.15, 0.2) is 11.2 Å². The number of fused-ring (bicyclic) bond motifs is 1. The van der Waals surface area contributed by atoms with E-state index in [4.69, 9.17) is 4.74 Å². The van der Waals surface area contributed by atoms with Crippen LogP contribution in [-0.4, -0.2) is 18.4 Å². The third kappa shape index (κ3) is 3.65. The van der Waals surface area contributed by atoms with Gasteiger partial charge in [0.2, 0.25) is 0 Å². The lowest BCUT2D eigenvalue weighted by atomic mass is 9.75. The van der Waals surface area contributed by atoms with Crippen LogP contribution in [0.1, 0.15) is 35.7 Å². The number of nitrogens with zero attached hydrogens (tertiary/aromatic N) is 1. The number of carbonyl (C=O) groups is 2. The Morgan fingerprint density at radius 3 is 2.36 bits per heavy atom. The van der Waals surface area contributed by atoms with Crippen LogP contribution in [0.3, 0.4) is 0 Å². The van der Waals surface area contributed by atoms with Gasteiger partial charge in [-0.15, -0.1) is 0 Å². The number of nitriles is 1. The van der Waals surface area contributed by atoms with Crippen molar-refractivity contribution in [2.45, 2.75) is 25.2 Å². The smallest absolute Gasteiger partial charge is 0.331 e. The van der Waals surface area contributed by atoms with E-state index >= 15 is 0 Å². The first-order valence-electron chi connectivity index (χ1n) is 9.27. The van der Waals surface area contributed by atoms with Gasteiger partial charge in [0.25, 0.3) is 0 Å². The topological polar surface area (TPSA) is 67.2 Å². The van der Waals surface area contributed by atoms with Crippen molar-refractivity contribution in [2.75, 3.05) is 6.61 Å². The first kappa shape index (κ1) is 19.3.